The van der Waals surface area contributed by atoms with E-state index in [-0.39, 0.29) is 5.91 Å². The molecule has 0 atom stereocenters. The molecule has 1 aliphatic rings. The van der Waals surface area contributed by atoms with Crippen LogP contribution in [-0.4, -0.2) is 40.5 Å². The third kappa shape index (κ3) is 4.22. The maximum atomic E-state index is 12.3. The van der Waals surface area contributed by atoms with Gasteiger partial charge in [0.05, 0.1) is 24.6 Å². The van der Waals surface area contributed by atoms with E-state index in [0.717, 1.165) is 42.5 Å². The minimum atomic E-state index is 0.121. The van der Waals surface area contributed by atoms with Crippen molar-refractivity contribution in [3.8, 4) is 0 Å². The maximum absolute atomic E-state index is 12.3. The number of carbonyl (C=O) groups is 1. The highest BCUT2D eigenvalue weighted by Crippen LogP contribution is 2.22. The molecule has 2 N–H and O–H groups in total. The molecule has 1 aromatic heterocycles. The molecule has 6 nitrogen and oxygen atoms in total. The molecule has 2 heterocycles. The van der Waals surface area contributed by atoms with Crippen molar-refractivity contribution in [3.63, 3.8) is 0 Å². The predicted octanol–water partition coefficient (Wildman–Crippen LogP) is 1.58. The number of nitrogens with zero attached hydrogens (tertiary/aromatic N) is 3. The number of amides is 1. The van der Waals surface area contributed by atoms with Crippen LogP contribution < -0.4 is 10.2 Å². The van der Waals surface area contributed by atoms with Crippen molar-refractivity contribution in [2.45, 2.75) is 39.3 Å². The molecule has 0 aliphatic carbocycles. The number of benzene rings is 2. The Hall–Kier alpha value is -2.73. The highest BCUT2D eigenvalue weighted by molar-refractivity contribution is 5.77. The number of aromatic nitrogens is 3. The standard InChI is InChI=1S/C22H27N5O/c1-16-3-6-18(7-4-16)14-23-22(28)15-26-11-9-19(10-12-26)27-21-8-5-17(2)13-20(21)24-25-27/h3-8,13,19H,9-12,14-15H2,1-2H3,(H,23,28)/p+1. The van der Waals surface area contributed by atoms with Crippen molar-refractivity contribution in [2.24, 2.45) is 0 Å². The fourth-order valence-corrected chi connectivity index (χ4v) is 3.95. The summed E-state index contributed by atoms with van der Waals surface area (Å²) < 4.78 is 2.07. The monoisotopic (exact) mass is 378 g/mol. The van der Waals surface area contributed by atoms with E-state index in [2.05, 4.69) is 76.6 Å². The maximum Gasteiger partial charge on any atom is 0.275 e. The molecule has 28 heavy (non-hydrogen) atoms. The van der Waals surface area contributed by atoms with Crippen LogP contribution in [0.2, 0.25) is 0 Å². The molecular formula is C22H28N5O+. The van der Waals surface area contributed by atoms with Crippen LogP contribution in [-0.2, 0) is 11.3 Å². The summed E-state index contributed by atoms with van der Waals surface area (Å²) in [5.41, 5.74) is 5.65. The Morgan fingerprint density at radius 3 is 2.57 bits per heavy atom. The third-order valence-corrected chi connectivity index (χ3v) is 5.66. The van der Waals surface area contributed by atoms with Gasteiger partial charge >= 0.3 is 0 Å². The second-order valence-corrected chi connectivity index (χ2v) is 7.95. The number of likely N-dealkylation sites (tertiary alicyclic amines) is 1. The Kier molecular flexibility index (Phi) is 5.39. The molecule has 2 aromatic carbocycles. The summed E-state index contributed by atoms with van der Waals surface area (Å²) in [6.45, 7) is 7.24. The Morgan fingerprint density at radius 1 is 1.11 bits per heavy atom. The van der Waals surface area contributed by atoms with Crippen LogP contribution in [0.15, 0.2) is 42.5 Å². The average Bonchev–Trinajstić information content (AvgIpc) is 3.11. The molecule has 0 unspecified atom stereocenters. The molecular weight excluding hydrogens is 350 g/mol. The molecule has 4 rings (SSSR count). The highest BCUT2D eigenvalue weighted by Gasteiger charge is 2.26. The number of rotatable bonds is 5. The van der Waals surface area contributed by atoms with Crippen LogP contribution in [0.4, 0.5) is 0 Å². The number of aryl methyl sites for hydroxylation is 2. The highest BCUT2D eigenvalue weighted by atomic mass is 16.2. The molecule has 146 valence electrons. The quantitative estimate of drug-likeness (QED) is 0.709. The summed E-state index contributed by atoms with van der Waals surface area (Å²) in [7, 11) is 0. The van der Waals surface area contributed by atoms with Crippen molar-refractivity contribution in [1.29, 1.82) is 0 Å². The molecule has 0 bridgehead atoms. The number of quaternary nitrogens is 1. The van der Waals surface area contributed by atoms with Crippen molar-refractivity contribution in [2.75, 3.05) is 19.6 Å². The normalized spacial score (nSPS) is 19.6. The summed E-state index contributed by atoms with van der Waals surface area (Å²) >= 11 is 0. The number of piperidine rings is 1. The molecule has 0 saturated carbocycles. The third-order valence-electron chi connectivity index (χ3n) is 5.66. The molecule has 3 aromatic rings. The minimum absolute atomic E-state index is 0.121. The van der Waals surface area contributed by atoms with Crippen LogP contribution in [0.3, 0.4) is 0 Å². The van der Waals surface area contributed by atoms with Gasteiger partial charge in [0.1, 0.15) is 5.52 Å². The van der Waals surface area contributed by atoms with Gasteiger partial charge < -0.3 is 10.2 Å². The van der Waals surface area contributed by atoms with Gasteiger partial charge in [-0.05, 0) is 37.1 Å². The van der Waals surface area contributed by atoms with Gasteiger partial charge in [0.25, 0.3) is 5.91 Å². The average molecular weight is 379 g/mol. The first-order valence-corrected chi connectivity index (χ1v) is 10.1. The second-order valence-electron chi connectivity index (χ2n) is 7.95. The van der Waals surface area contributed by atoms with Gasteiger partial charge in [0.2, 0.25) is 0 Å². The largest absolute Gasteiger partial charge is 0.347 e. The Balaban J connectivity index is 1.27. The van der Waals surface area contributed by atoms with E-state index in [1.54, 1.807) is 0 Å². The SMILES string of the molecule is Cc1ccc(CNC(=O)C[NH+]2CCC(n3nnc4cc(C)ccc43)CC2)cc1. The van der Waals surface area contributed by atoms with Gasteiger partial charge in [-0.15, -0.1) is 5.10 Å². The van der Waals surface area contributed by atoms with E-state index >= 15 is 0 Å². The second kappa shape index (κ2) is 8.10. The summed E-state index contributed by atoms with van der Waals surface area (Å²) in [4.78, 5) is 13.7. The zero-order chi connectivity index (χ0) is 19.5. The molecule has 1 saturated heterocycles. The van der Waals surface area contributed by atoms with Gasteiger partial charge in [0, 0.05) is 19.4 Å². The summed E-state index contributed by atoms with van der Waals surface area (Å²) in [5, 5.41) is 11.8. The smallest absolute Gasteiger partial charge is 0.275 e. The number of hydrogen-bond acceptors (Lipinski definition) is 3. The Morgan fingerprint density at radius 2 is 1.82 bits per heavy atom. The number of fused-ring (bicyclic) bond motifs is 1. The number of carbonyl (C=O) groups excluding carboxylic acids is 1. The van der Waals surface area contributed by atoms with E-state index in [0.29, 0.717) is 19.1 Å². The fourth-order valence-electron chi connectivity index (χ4n) is 3.95. The van der Waals surface area contributed by atoms with E-state index in [4.69, 9.17) is 0 Å². The van der Waals surface area contributed by atoms with Crippen molar-refractivity contribution >= 4 is 16.9 Å². The number of hydrogen-bond donors (Lipinski definition) is 2. The van der Waals surface area contributed by atoms with Crippen molar-refractivity contribution < 1.29 is 9.69 Å². The van der Waals surface area contributed by atoms with Crippen molar-refractivity contribution in [1.82, 2.24) is 20.3 Å². The lowest BCUT2D eigenvalue weighted by Gasteiger charge is -2.29. The first-order valence-electron chi connectivity index (χ1n) is 10.1. The van der Waals surface area contributed by atoms with Crippen LogP contribution in [0.5, 0.6) is 0 Å². The fraction of sp³-hybridized carbons (Fsp3) is 0.409. The Bertz CT molecular complexity index is 955. The van der Waals surface area contributed by atoms with E-state index < -0.39 is 0 Å². The zero-order valence-electron chi connectivity index (χ0n) is 16.6. The topological polar surface area (TPSA) is 64.2 Å². The van der Waals surface area contributed by atoms with E-state index in [1.165, 1.54) is 16.0 Å². The van der Waals surface area contributed by atoms with Gasteiger partial charge in [-0.3, -0.25) is 4.79 Å². The first kappa shape index (κ1) is 18.6. The van der Waals surface area contributed by atoms with Crippen molar-refractivity contribution in [3.05, 3.63) is 59.2 Å². The summed E-state index contributed by atoms with van der Waals surface area (Å²) in [5.74, 6) is 0.121. The van der Waals surface area contributed by atoms with Crippen LogP contribution >= 0.6 is 0 Å². The van der Waals surface area contributed by atoms with Crippen LogP contribution in [0.1, 0.15) is 35.6 Å². The lowest BCUT2D eigenvalue weighted by atomic mass is 10.0. The van der Waals surface area contributed by atoms with Crippen LogP contribution in [0, 0.1) is 13.8 Å². The van der Waals surface area contributed by atoms with E-state index in [1.807, 2.05) is 0 Å². The molecule has 1 aliphatic heterocycles. The summed E-state index contributed by atoms with van der Waals surface area (Å²) in [6.07, 6.45) is 2.04. The first-order chi connectivity index (χ1) is 13.6. The van der Waals surface area contributed by atoms with Gasteiger partial charge in [-0.25, -0.2) is 4.68 Å². The van der Waals surface area contributed by atoms with Gasteiger partial charge in [-0.2, -0.15) is 0 Å². The van der Waals surface area contributed by atoms with Gasteiger partial charge in [-0.1, -0.05) is 41.1 Å². The number of nitrogens with one attached hydrogen (secondary N) is 2. The molecule has 0 spiro atoms. The lowest BCUT2D eigenvalue weighted by molar-refractivity contribution is -0.897. The molecule has 1 amide bonds. The lowest BCUT2D eigenvalue weighted by Crippen LogP contribution is -3.14. The predicted molar refractivity (Wildman–Crippen MR) is 109 cm³/mol. The Labute approximate surface area is 165 Å². The molecule has 0 radical (unpaired) electrons. The van der Waals surface area contributed by atoms with Gasteiger partial charge in [0.15, 0.2) is 6.54 Å². The molecule has 6 heteroatoms. The summed E-state index contributed by atoms with van der Waals surface area (Å²) in [6, 6.07) is 15.0. The van der Waals surface area contributed by atoms with E-state index in [9.17, 15) is 4.79 Å². The zero-order valence-corrected chi connectivity index (χ0v) is 16.6. The minimum Gasteiger partial charge on any atom is -0.347 e. The van der Waals surface area contributed by atoms with Crippen LogP contribution in [0.25, 0.3) is 11.0 Å². The molecule has 1 fully saturated rings.